The molecule has 2 heterocycles. The van der Waals surface area contributed by atoms with E-state index in [1.807, 2.05) is 0 Å². The van der Waals surface area contributed by atoms with Crippen molar-refractivity contribution in [2.45, 2.75) is 35.6 Å². The van der Waals surface area contributed by atoms with Crippen LogP contribution in [0.2, 0.25) is 5.02 Å². The Bertz CT molecular complexity index is 1410. The molecule has 182 valence electrons. The van der Waals surface area contributed by atoms with Gasteiger partial charge in [-0.05, 0) is 44.0 Å². The van der Waals surface area contributed by atoms with Crippen molar-refractivity contribution < 1.29 is 26.4 Å². The molecule has 1 amide bonds. The van der Waals surface area contributed by atoms with Crippen LogP contribution in [0.1, 0.15) is 19.8 Å². The highest BCUT2D eigenvalue weighted by Gasteiger charge is 2.31. The quantitative estimate of drug-likeness (QED) is 0.527. The molecule has 0 unspecified atom stereocenters. The Morgan fingerprint density at radius 2 is 1.74 bits per heavy atom. The lowest BCUT2D eigenvalue weighted by Gasteiger charge is -2.31. The number of likely N-dealkylation sites (tertiary alicyclic amines) is 1. The van der Waals surface area contributed by atoms with Gasteiger partial charge in [0, 0.05) is 30.7 Å². The van der Waals surface area contributed by atoms with Gasteiger partial charge < -0.3 is 9.64 Å². The van der Waals surface area contributed by atoms with E-state index < -0.39 is 32.2 Å². The molecule has 1 N–H and O–H groups in total. The number of nitrogens with zero attached hydrogens (tertiary/aromatic N) is 2. The zero-order valence-corrected chi connectivity index (χ0v) is 20.7. The molecule has 1 saturated heterocycles. The number of ether oxygens (including phenoxy) is 1. The minimum atomic E-state index is -4.13. The normalized spacial score (nSPS) is 15.5. The topological polar surface area (TPSA) is 115 Å². The number of hydrogen-bond acceptors (Lipinski definition) is 6. The van der Waals surface area contributed by atoms with Gasteiger partial charge in [-0.3, -0.25) is 0 Å². The van der Waals surface area contributed by atoms with Gasteiger partial charge in [0.25, 0.3) is 10.0 Å². The van der Waals surface area contributed by atoms with Crippen molar-refractivity contribution in [3.8, 4) is 0 Å². The number of carbonyl (C=O) groups excluding carboxylic acids is 1. The van der Waals surface area contributed by atoms with Crippen molar-refractivity contribution in [1.82, 2.24) is 13.6 Å². The van der Waals surface area contributed by atoms with Crippen LogP contribution in [0.15, 0.2) is 64.5 Å². The van der Waals surface area contributed by atoms with Gasteiger partial charge in [0.05, 0.1) is 22.0 Å². The Hall–Kier alpha value is -2.60. The second-order valence-electron chi connectivity index (χ2n) is 7.82. The molecule has 9 nitrogen and oxygen atoms in total. The van der Waals surface area contributed by atoms with Crippen molar-refractivity contribution in [1.29, 1.82) is 0 Å². The van der Waals surface area contributed by atoms with E-state index in [9.17, 15) is 21.6 Å². The molecular weight excluding hydrogens is 502 g/mol. The number of rotatable bonds is 6. The summed E-state index contributed by atoms with van der Waals surface area (Å²) < 4.78 is 61.9. The van der Waals surface area contributed by atoms with E-state index in [4.69, 9.17) is 16.3 Å². The molecule has 0 aliphatic carbocycles. The van der Waals surface area contributed by atoms with Crippen molar-refractivity contribution >= 4 is 48.6 Å². The molecular formula is C22H24ClN3O6S2. The molecule has 4 rings (SSSR count). The fourth-order valence-electron chi connectivity index (χ4n) is 3.97. The summed E-state index contributed by atoms with van der Waals surface area (Å²) in [4.78, 5) is 13.2. The Kier molecular flexibility index (Phi) is 6.90. The number of fused-ring (bicyclic) bond motifs is 1. The number of hydrogen-bond donors (Lipinski definition) is 1. The lowest BCUT2D eigenvalue weighted by atomic mass is 10.1. The molecule has 1 aliphatic rings. The maximum absolute atomic E-state index is 13.4. The molecule has 0 atom stereocenters. The average Bonchev–Trinajstić information content (AvgIpc) is 3.23. The summed E-state index contributed by atoms with van der Waals surface area (Å²) in [6.07, 6.45) is 1.46. The first kappa shape index (κ1) is 24.5. The highest BCUT2D eigenvalue weighted by atomic mass is 35.5. The first-order valence-electron chi connectivity index (χ1n) is 10.7. The lowest BCUT2D eigenvalue weighted by molar-refractivity contribution is 0.0966. The van der Waals surface area contributed by atoms with E-state index in [0.29, 0.717) is 25.9 Å². The third-order valence-electron chi connectivity index (χ3n) is 5.64. The van der Waals surface area contributed by atoms with Gasteiger partial charge in [0.1, 0.15) is 4.90 Å². The van der Waals surface area contributed by atoms with E-state index >= 15 is 0 Å². The monoisotopic (exact) mass is 525 g/mol. The number of carbonyl (C=O) groups is 1. The molecule has 0 saturated carbocycles. The Morgan fingerprint density at radius 3 is 2.38 bits per heavy atom. The summed E-state index contributed by atoms with van der Waals surface area (Å²) in [7, 11) is -8.20. The van der Waals surface area contributed by atoms with Crippen molar-refractivity contribution in [3.63, 3.8) is 0 Å². The van der Waals surface area contributed by atoms with Crippen LogP contribution in [-0.2, 0) is 24.8 Å². The summed E-state index contributed by atoms with van der Waals surface area (Å²) in [5.74, 6) is 0. The van der Waals surface area contributed by atoms with Crippen LogP contribution in [0.5, 0.6) is 0 Å². The maximum atomic E-state index is 13.4. The number of nitrogens with one attached hydrogen (secondary N) is 1. The molecule has 1 fully saturated rings. The molecule has 0 bridgehead atoms. The van der Waals surface area contributed by atoms with E-state index in [1.165, 1.54) is 29.2 Å². The fourth-order valence-corrected chi connectivity index (χ4v) is 7.27. The van der Waals surface area contributed by atoms with Crippen LogP contribution in [0.4, 0.5) is 4.79 Å². The standard InChI is InChI=1S/C22H24ClN3O6S2/c1-2-32-22(27)25-13-11-16(12-14-25)24-33(28,29)20-15-26(19-10-6-9-18(23)21(19)20)34(30,31)17-7-4-3-5-8-17/h3-10,15-16,24H,2,11-14H2,1H3. The first-order chi connectivity index (χ1) is 16.1. The summed E-state index contributed by atoms with van der Waals surface area (Å²) in [5, 5.41) is 0.247. The molecule has 0 spiro atoms. The summed E-state index contributed by atoms with van der Waals surface area (Å²) >= 11 is 6.35. The van der Waals surface area contributed by atoms with Crippen LogP contribution in [0.3, 0.4) is 0 Å². The minimum Gasteiger partial charge on any atom is -0.450 e. The zero-order chi connectivity index (χ0) is 24.5. The highest BCUT2D eigenvalue weighted by molar-refractivity contribution is 7.91. The van der Waals surface area contributed by atoms with Crippen LogP contribution >= 0.6 is 11.6 Å². The molecule has 3 aromatic rings. The smallest absolute Gasteiger partial charge is 0.409 e. The predicted octanol–water partition coefficient (Wildman–Crippen LogP) is 3.43. The Labute approximate surface area is 203 Å². The molecule has 12 heteroatoms. The second-order valence-corrected chi connectivity index (χ2v) is 11.7. The van der Waals surface area contributed by atoms with Gasteiger partial charge in [0.2, 0.25) is 10.0 Å². The Morgan fingerprint density at radius 1 is 1.06 bits per heavy atom. The van der Waals surface area contributed by atoms with Gasteiger partial charge in [-0.25, -0.2) is 30.3 Å². The van der Waals surface area contributed by atoms with Crippen LogP contribution in [0, 0.1) is 0 Å². The van der Waals surface area contributed by atoms with Crippen molar-refractivity contribution in [2.75, 3.05) is 19.7 Å². The van der Waals surface area contributed by atoms with Crippen LogP contribution < -0.4 is 4.72 Å². The summed E-state index contributed by atoms with van der Waals surface area (Å²) in [6.45, 7) is 2.67. The third-order valence-corrected chi connectivity index (χ3v) is 9.18. The second kappa shape index (κ2) is 9.57. The molecule has 0 radical (unpaired) electrons. The van der Waals surface area contributed by atoms with E-state index in [1.54, 1.807) is 31.2 Å². The molecule has 1 aliphatic heterocycles. The van der Waals surface area contributed by atoms with Gasteiger partial charge in [0.15, 0.2) is 0 Å². The summed E-state index contributed by atoms with van der Waals surface area (Å²) in [6, 6.07) is 11.9. The van der Waals surface area contributed by atoms with E-state index in [2.05, 4.69) is 4.72 Å². The molecule has 2 aromatic carbocycles. The van der Waals surface area contributed by atoms with Crippen molar-refractivity contribution in [2.24, 2.45) is 0 Å². The van der Waals surface area contributed by atoms with Gasteiger partial charge in [-0.15, -0.1) is 0 Å². The Balaban J connectivity index is 1.68. The van der Waals surface area contributed by atoms with Gasteiger partial charge >= 0.3 is 6.09 Å². The highest BCUT2D eigenvalue weighted by Crippen LogP contribution is 2.34. The number of sulfonamides is 1. The number of piperidine rings is 1. The van der Waals surface area contributed by atoms with E-state index in [0.717, 1.165) is 10.2 Å². The van der Waals surface area contributed by atoms with Crippen molar-refractivity contribution in [3.05, 3.63) is 59.8 Å². The van der Waals surface area contributed by atoms with E-state index in [-0.39, 0.29) is 32.3 Å². The SMILES string of the molecule is CCOC(=O)N1CCC(NS(=O)(=O)c2cn(S(=O)(=O)c3ccccc3)c3cccc(Cl)c23)CC1. The van der Waals surface area contributed by atoms with Gasteiger partial charge in [-0.2, -0.15) is 0 Å². The number of amides is 1. The minimum absolute atomic E-state index is 0.0233. The zero-order valence-electron chi connectivity index (χ0n) is 18.3. The molecule has 34 heavy (non-hydrogen) atoms. The largest absolute Gasteiger partial charge is 0.450 e. The average molecular weight is 526 g/mol. The summed E-state index contributed by atoms with van der Waals surface area (Å²) in [5.41, 5.74) is 0.161. The lowest BCUT2D eigenvalue weighted by Crippen LogP contribution is -2.46. The van der Waals surface area contributed by atoms with Crippen LogP contribution in [0.25, 0.3) is 10.9 Å². The first-order valence-corrected chi connectivity index (χ1v) is 14.0. The third kappa shape index (κ3) is 4.65. The number of benzene rings is 2. The van der Waals surface area contributed by atoms with Gasteiger partial charge in [-0.1, -0.05) is 35.9 Å². The molecule has 1 aromatic heterocycles. The fraction of sp³-hybridized carbons (Fsp3) is 0.318. The predicted molar refractivity (Wildman–Crippen MR) is 128 cm³/mol. The van der Waals surface area contributed by atoms with Crippen LogP contribution in [-0.4, -0.2) is 57.5 Å². The number of halogens is 1. The number of aromatic nitrogens is 1. The maximum Gasteiger partial charge on any atom is 0.409 e.